The van der Waals surface area contributed by atoms with Gasteiger partial charge < -0.3 is 15.2 Å². The number of hydrogen-bond acceptors (Lipinski definition) is 8. The molecule has 0 saturated carbocycles. The summed E-state index contributed by atoms with van der Waals surface area (Å²) in [6, 6.07) is 3.85. The molecule has 1 heterocycles. The molecule has 2 rings (SSSR count). The fourth-order valence-electron chi connectivity index (χ4n) is 2.79. The molecule has 10 nitrogen and oxygen atoms in total. The number of nitro groups is 1. The standard InChI is InChI=1S/C17H18N2O8/c1-8(15-14(9(2)20)16(23)18-15)12(21)7-13(22)27-17(24)10-3-5-11(6-4-10)19(25)26/h3-6,8-9,14-15,20H,7H2,1-2H3,(H,18,23). The SMILES string of the molecule is CC(O)C1C(=O)NC1C(C)C(=O)CC(=O)OC(=O)c1ccc([N+](=O)[O-])cc1. The van der Waals surface area contributed by atoms with E-state index in [0.717, 1.165) is 24.3 Å². The van der Waals surface area contributed by atoms with Crippen LogP contribution in [0.15, 0.2) is 24.3 Å². The number of nitrogens with one attached hydrogen (secondary N) is 1. The van der Waals surface area contributed by atoms with Gasteiger partial charge in [0.1, 0.15) is 12.2 Å². The van der Waals surface area contributed by atoms with Crippen LogP contribution < -0.4 is 5.32 Å². The fraction of sp³-hybridized carbons (Fsp3) is 0.412. The number of hydrogen-bond donors (Lipinski definition) is 2. The van der Waals surface area contributed by atoms with E-state index in [9.17, 15) is 34.4 Å². The summed E-state index contributed by atoms with van der Waals surface area (Å²) in [6.45, 7) is 2.94. The molecule has 10 heteroatoms. The monoisotopic (exact) mass is 378 g/mol. The summed E-state index contributed by atoms with van der Waals surface area (Å²) in [4.78, 5) is 57.2. The summed E-state index contributed by atoms with van der Waals surface area (Å²) in [5, 5.41) is 22.7. The smallest absolute Gasteiger partial charge is 0.345 e. The van der Waals surface area contributed by atoms with Gasteiger partial charge in [-0.25, -0.2) is 4.79 Å². The molecule has 0 aromatic heterocycles. The highest BCUT2D eigenvalue weighted by molar-refractivity contribution is 6.04. The van der Waals surface area contributed by atoms with Gasteiger partial charge in [0.05, 0.1) is 28.6 Å². The number of ether oxygens (including phenoxy) is 1. The molecule has 1 aliphatic rings. The number of aliphatic hydroxyl groups excluding tert-OH is 1. The third-order valence-corrected chi connectivity index (χ3v) is 4.40. The number of nitrogens with zero attached hydrogens (tertiary/aromatic N) is 1. The Morgan fingerprint density at radius 2 is 1.85 bits per heavy atom. The number of Topliss-reactive ketones (excluding diaryl/α,β-unsaturated/α-hetero) is 1. The van der Waals surface area contributed by atoms with Crippen LogP contribution in [0.25, 0.3) is 0 Å². The maximum absolute atomic E-state index is 12.2. The number of amides is 1. The molecule has 0 aliphatic carbocycles. The van der Waals surface area contributed by atoms with E-state index in [2.05, 4.69) is 10.1 Å². The molecule has 1 amide bonds. The number of non-ortho nitro benzene ring substituents is 1. The van der Waals surface area contributed by atoms with Crippen molar-refractivity contribution in [3.05, 3.63) is 39.9 Å². The van der Waals surface area contributed by atoms with Crippen molar-refractivity contribution in [1.82, 2.24) is 5.32 Å². The summed E-state index contributed by atoms with van der Waals surface area (Å²) in [5.74, 6) is -4.51. The van der Waals surface area contributed by atoms with Gasteiger partial charge in [-0.05, 0) is 19.1 Å². The predicted molar refractivity (Wildman–Crippen MR) is 89.4 cm³/mol. The Labute approximate surface area is 153 Å². The fourth-order valence-corrected chi connectivity index (χ4v) is 2.79. The number of ketones is 1. The topological polar surface area (TPSA) is 153 Å². The quantitative estimate of drug-likeness (QED) is 0.227. The lowest BCUT2D eigenvalue weighted by Crippen LogP contribution is -2.65. The van der Waals surface area contributed by atoms with Gasteiger partial charge in [-0.2, -0.15) is 0 Å². The van der Waals surface area contributed by atoms with Crippen LogP contribution in [0.1, 0.15) is 30.6 Å². The van der Waals surface area contributed by atoms with Crippen molar-refractivity contribution in [2.24, 2.45) is 11.8 Å². The lowest BCUT2D eigenvalue weighted by Gasteiger charge is -2.41. The summed E-state index contributed by atoms with van der Waals surface area (Å²) in [6.07, 6.45) is -1.62. The Bertz CT molecular complexity index is 787. The number of carbonyl (C=O) groups is 4. The maximum Gasteiger partial charge on any atom is 0.345 e. The number of carbonyl (C=O) groups excluding carboxylic acids is 4. The van der Waals surface area contributed by atoms with Gasteiger partial charge in [0.2, 0.25) is 5.91 Å². The Kier molecular flexibility index (Phi) is 6.01. The predicted octanol–water partition coefficient (Wildman–Crippen LogP) is 0.369. The lowest BCUT2D eigenvalue weighted by atomic mass is 9.77. The number of esters is 2. The Morgan fingerprint density at radius 3 is 2.33 bits per heavy atom. The van der Waals surface area contributed by atoms with Crippen molar-refractivity contribution in [1.29, 1.82) is 0 Å². The van der Waals surface area contributed by atoms with E-state index in [1.807, 2.05) is 0 Å². The average Bonchev–Trinajstić information content (AvgIpc) is 2.58. The number of nitro benzene ring substituents is 1. The zero-order valence-electron chi connectivity index (χ0n) is 14.6. The van der Waals surface area contributed by atoms with Crippen molar-refractivity contribution >= 4 is 29.3 Å². The summed E-state index contributed by atoms with van der Waals surface area (Å²) >= 11 is 0. The minimum atomic E-state index is -1.07. The molecular weight excluding hydrogens is 360 g/mol. The van der Waals surface area contributed by atoms with E-state index < -0.39 is 53.0 Å². The molecule has 1 aliphatic heterocycles. The number of rotatable bonds is 7. The van der Waals surface area contributed by atoms with Crippen LogP contribution in [0, 0.1) is 22.0 Å². The van der Waals surface area contributed by atoms with E-state index in [0.29, 0.717) is 0 Å². The molecule has 144 valence electrons. The first-order chi connectivity index (χ1) is 12.6. The maximum atomic E-state index is 12.2. The third kappa shape index (κ3) is 4.53. The highest BCUT2D eigenvalue weighted by Crippen LogP contribution is 2.26. The first-order valence-electron chi connectivity index (χ1n) is 8.12. The van der Waals surface area contributed by atoms with E-state index in [1.54, 1.807) is 0 Å². The van der Waals surface area contributed by atoms with Gasteiger partial charge in [0, 0.05) is 18.1 Å². The minimum absolute atomic E-state index is 0.0742. The molecule has 1 fully saturated rings. The van der Waals surface area contributed by atoms with Gasteiger partial charge in [0.25, 0.3) is 5.69 Å². The first-order valence-corrected chi connectivity index (χ1v) is 8.12. The van der Waals surface area contributed by atoms with Crippen LogP contribution in [-0.2, 0) is 19.1 Å². The second kappa shape index (κ2) is 8.04. The molecule has 0 bridgehead atoms. The molecular formula is C17H18N2O8. The second-order valence-corrected chi connectivity index (χ2v) is 6.30. The van der Waals surface area contributed by atoms with E-state index in [-0.39, 0.29) is 17.2 Å². The molecule has 2 N–H and O–H groups in total. The largest absolute Gasteiger partial charge is 0.393 e. The molecule has 4 atom stereocenters. The van der Waals surface area contributed by atoms with E-state index in [4.69, 9.17) is 0 Å². The minimum Gasteiger partial charge on any atom is -0.393 e. The van der Waals surface area contributed by atoms with Gasteiger partial charge >= 0.3 is 11.9 Å². The van der Waals surface area contributed by atoms with E-state index in [1.165, 1.54) is 13.8 Å². The second-order valence-electron chi connectivity index (χ2n) is 6.30. The first kappa shape index (κ1) is 20.2. The molecule has 1 aromatic carbocycles. The Hall–Kier alpha value is -3.14. The van der Waals surface area contributed by atoms with Crippen LogP contribution in [0.2, 0.25) is 0 Å². The highest BCUT2D eigenvalue weighted by atomic mass is 16.6. The molecule has 0 radical (unpaired) electrons. The van der Waals surface area contributed by atoms with Crippen LogP contribution in [0.3, 0.4) is 0 Å². The Balaban J connectivity index is 1.90. The van der Waals surface area contributed by atoms with Crippen molar-refractivity contribution in [3.63, 3.8) is 0 Å². The lowest BCUT2D eigenvalue weighted by molar-refractivity contribution is -0.384. The highest BCUT2D eigenvalue weighted by Gasteiger charge is 2.47. The summed E-state index contributed by atoms with van der Waals surface area (Å²) < 4.78 is 4.58. The van der Waals surface area contributed by atoms with Crippen molar-refractivity contribution in [3.8, 4) is 0 Å². The molecule has 1 saturated heterocycles. The van der Waals surface area contributed by atoms with Crippen LogP contribution in [0.4, 0.5) is 5.69 Å². The summed E-state index contributed by atoms with van der Waals surface area (Å²) in [7, 11) is 0. The van der Waals surface area contributed by atoms with Crippen LogP contribution >= 0.6 is 0 Å². The number of benzene rings is 1. The third-order valence-electron chi connectivity index (χ3n) is 4.40. The Morgan fingerprint density at radius 1 is 1.26 bits per heavy atom. The number of β-lactam (4-membered cyclic amide) rings is 1. The van der Waals surface area contributed by atoms with Crippen LogP contribution in [0.5, 0.6) is 0 Å². The zero-order valence-corrected chi connectivity index (χ0v) is 14.6. The van der Waals surface area contributed by atoms with Crippen molar-refractivity contribution in [2.75, 3.05) is 0 Å². The molecule has 4 unspecified atom stereocenters. The van der Waals surface area contributed by atoms with E-state index >= 15 is 0 Å². The van der Waals surface area contributed by atoms with Crippen LogP contribution in [-0.4, -0.2) is 45.8 Å². The average molecular weight is 378 g/mol. The molecule has 27 heavy (non-hydrogen) atoms. The number of aliphatic hydroxyl groups is 1. The normalized spacial score (nSPS) is 20.6. The zero-order chi connectivity index (χ0) is 20.3. The van der Waals surface area contributed by atoms with Gasteiger partial charge in [-0.15, -0.1) is 0 Å². The van der Waals surface area contributed by atoms with Gasteiger partial charge in [-0.3, -0.25) is 24.5 Å². The van der Waals surface area contributed by atoms with Crippen molar-refractivity contribution < 1.29 is 33.9 Å². The van der Waals surface area contributed by atoms with Crippen molar-refractivity contribution in [2.45, 2.75) is 32.4 Å². The molecule has 0 spiro atoms. The molecule has 1 aromatic rings. The van der Waals surface area contributed by atoms with Gasteiger partial charge in [0.15, 0.2) is 0 Å². The summed E-state index contributed by atoms with van der Waals surface area (Å²) in [5.41, 5.74) is -0.299. The van der Waals surface area contributed by atoms with Gasteiger partial charge in [-0.1, -0.05) is 6.92 Å².